The molecule has 2 rings (SSSR count). The van der Waals surface area contributed by atoms with Crippen LogP contribution in [-0.2, 0) is 0 Å². The molecule has 1 aliphatic heterocycles. The summed E-state index contributed by atoms with van der Waals surface area (Å²) in [6.45, 7) is 0.256. The Morgan fingerprint density at radius 3 is 2.40 bits per heavy atom. The fourth-order valence-corrected chi connectivity index (χ4v) is 2.72. The van der Waals surface area contributed by atoms with Gasteiger partial charge in [-0.3, -0.25) is 4.79 Å². The SMILES string of the molecule is O=C(c1ccc(Cl)c(Br)c1)N1CCC(C(F)(F)F)CC1. The average molecular weight is 371 g/mol. The molecule has 1 amide bonds. The molecule has 0 unspecified atom stereocenters. The average Bonchev–Trinajstić information content (AvgIpc) is 2.40. The number of hydrogen-bond acceptors (Lipinski definition) is 1. The molecule has 1 fully saturated rings. The molecular formula is C13H12BrClF3NO. The molecular weight excluding hydrogens is 358 g/mol. The molecule has 1 saturated heterocycles. The molecule has 20 heavy (non-hydrogen) atoms. The third kappa shape index (κ3) is 3.47. The Hall–Kier alpha value is -0.750. The van der Waals surface area contributed by atoms with Crippen molar-refractivity contribution < 1.29 is 18.0 Å². The van der Waals surface area contributed by atoms with Gasteiger partial charge in [0.2, 0.25) is 0 Å². The second kappa shape index (κ2) is 5.93. The number of carbonyl (C=O) groups is 1. The van der Waals surface area contributed by atoms with Crippen molar-refractivity contribution in [2.24, 2.45) is 5.92 Å². The lowest BCUT2D eigenvalue weighted by molar-refractivity contribution is -0.183. The van der Waals surface area contributed by atoms with Crippen LogP contribution in [0.2, 0.25) is 5.02 Å². The number of alkyl halides is 3. The molecule has 1 aromatic carbocycles. The number of amides is 1. The second-order valence-electron chi connectivity index (χ2n) is 4.74. The zero-order valence-electron chi connectivity index (χ0n) is 10.4. The minimum Gasteiger partial charge on any atom is -0.339 e. The third-order valence-electron chi connectivity index (χ3n) is 3.41. The van der Waals surface area contributed by atoms with Crippen LogP contribution in [0.3, 0.4) is 0 Å². The van der Waals surface area contributed by atoms with E-state index in [1.165, 1.54) is 4.90 Å². The number of benzene rings is 1. The summed E-state index contributed by atoms with van der Waals surface area (Å²) in [5.74, 6) is -1.56. The van der Waals surface area contributed by atoms with Gasteiger partial charge >= 0.3 is 6.18 Å². The minimum atomic E-state index is -4.17. The first kappa shape index (κ1) is 15.6. The highest BCUT2D eigenvalue weighted by Crippen LogP contribution is 2.34. The van der Waals surface area contributed by atoms with E-state index in [-0.39, 0.29) is 31.8 Å². The first-order chi connectivity index (χ1) is 9.29. The molecule has 110 valence electrons. The third-order valence-corrected chi connectivity index (χ3v) is 4.63. The van der Waals surface area contributed by atoms with Crippen molar-refractivity contribution in [2.75, 3.05) is 13.1 Å². The molecule has 1 aliphatic rings. The van der Waals surface area contributed by atoms with Crippen molar-refractivity contribution in [3.05, 3.63) is 33.3 Å². The number of piperidine rings is 1. The largest absolute Gasteiger partial charge is 0.391 e. The van der Waals surface area contributed by atoms with Gasteiger partial charge in [0.15, 0.2) is 0 Å². The van der Waals surface area contributed by atoms with Crippen molar-refractivity contribution in [2.45, 2.75) is 19.0 Å². The topological polar surface area (TPSA) is 20.3 Å². The van der Waals surface area contributed by atoms with Crippen molar-refractivity contribution in [1.82, 2.24) is 4.90 Å². The van der Waals surface area contributed by atoms with E-state index in [9.17, 15) is 18.0 Å². The maximum atomic E-state index is 12.6. The molecule has 0 bridgehead atoms. The first-order valence-corrected chi connectivity index (χ1v) is 7.27. The number of halogens is 5. The van der Waals surface area contributed by atoms with E-state index in [4.69, 9.17) is 11.6 Å². The molecule has 7 heteroatoms. The molecule has 2 nitrogen and oxygen atoms in total. The number of hydrogen-bond donors (Lipinski definition) is 0. The van der Waals surface area contributed by atoms with Crippen LogP contribution in [0.5, 0.6) is 0 Å². The van der Waals surface area contributed by atoms with Gasteiger partial charge in [0, 0.05) is 23.1 Å². The maximum Gasteiger partial charge on any atom is 0.391 e. The Kier molecular flexibility index (Phi) is 4.64. The highest BCUT2D eigenvalue weighted by atomic mass is 79.9. The van der Waals surface area contributed by atoms with Crippen molar-refractivity contribution in [3.8, 4) is 0 Å². The van der Waals surface area contributed by atoms with Crippen LogP contribution in [0.25, 0.3) is 0 Å². The van der Waals surface area contributed by atoms with Gasteiger partial charge in [-0.1, -0.05) is 11.6 Å². The summed E-state index contributed by atoms with van der Waals surface area (Å²) in [5, 5.41) is 0.484. The van der Waals surface area contributed by atoms with Gasteiger partial charge in [-0.05, 0) is 47.0 Å². The Balaban J connectivity index is 2.03. The summed E-state index contributed by atoms with van der Waals surface area (Å²) in [6.07, 6.45) is -4.24. The maximum absolute atomic E-state index is 12.6. The fourth-order valence-electron chi connectivity index (χ4n) is 2.22. The monoisotopic (exact) mass is 369 g/mol. The lowest BCUT2D eigenvalue weighted by atomic mass is 9.96. The van der Waals surface area contributed by atoms with E-state index in [2.05, 4.69) is 15.9 Å². The summed E-state index contributed by atoms with van der Waals surface area (Å²) in [6, 6.07) is 4.74. The van der Waals surface area contributed by atoms with E-state index >= 15 is 0 Å². The van der Waals surface area contributed by atoms with Gasteiger partial charge in [0.05, 0.1) is 10.9 Å². The predicted molar refractivity (Wildman–Crippen MR) is 73.8 cm³/mol. The number of carbonyl (C=O) groups excluding carboxylic acids is 1. The van der Waals surface area contributed by atoms with Crippen LogP contribution in [0, 0.1) is 5.92 Å². The first-order valence-electron chi connectivity index (χ1n) is 6.10. The fraction of sp³-hybridized carbons (Fsp3) is 0.462. The van der Waals surface area contributed by atoms with E-state index in [1.807, 2.05) is 0 Å². The normalized spacial score (nSPS) is 17.4. The quantitative estimate of drug-likeness (QED) is 0.712. The van der Waals surface area contributed by atoms with Crippen LogP contribution in [-0.4, -0.2) is 30.1 Å². The predicted octanol–water partition coefficient (Wildman–Crippen LogP) is 4.52. The van der Waals surface area contributed by atoms with Crippen LogP contribution < -0.4 is 0 Å². The second-order valence-corrected chi connectivity index (χ2v) is 6.00. The van der Waals surface area contributed by atoms with E-state index < -0.39 is 12.1 Å². The molecule has 0 N–H and O–H groups in total. The van der Waals surface area contributed by atoms with E-state index in [0.29, 0.717) is 15.1 Å². The summed E-state index contributed by atoms with van der Waals surface area (Å²) >= 11 is 9.07. The molecule has 0 aliphatic carbocycles. The lowest BCUT2D eigenvalue weighted by Crippen LogP contribution is -2.42. The van der Waals surface area contributed by atoms with Gasteiger partial charge in [-0.15, -0.1) is 0 Å². The van der Waals surface area contributed by atoms with Crippen LogP contribution in [0.4, 0.5) is 13.2 Å². The zero-order valence-corrected chi connectivity index (χ0v) is 12.7. The molecule has 0 atom stereocenters. The van der Waals surface area contributed by atoms with E-state index in [1.54, 1.807) is 18.2 Å². The summed E-state index contributed by atoms with van der Waals surface area (Å²) < 4.78 is 38.3. The van der Waals surface area contributed by atoms with Crippen LogP contribution in [0.15, 0.2) is 22.7 Å². The number of likely N-dealkylation sites (tertiary alicyclic amines) is 1. The molecule has 1 aromatic rings. The molecule has 0 saturated carbocycles. The van der Waals surface area contributed by atoms with Gasteiger partial charge in [0.25, 0.3) is 5.91 Å². The summed E-state index contributed by atoms with van der Waals surface area (Å²) in [5.41, 5.74) is 0.423. The van der Waals surface area contributed by atoms with Gasteiger partial charge in [0.1, 0.15) is 0 Å². The lowest BCUT2D eigenvalue weighted by Gasteiger charge is -2.33. The van der Waals surface area contributed by atoms with Gasteiger partial charge < -0.3 is 4.90 Å². The Morgan fingerprint density at radius 1 is 1.30 bits per heavy atom. The Labute approximate surface area is 128 Å². The minimum absolute atomic E-state index is 0.0377. The highest BCUT2D eigenvalue weighted by molar-refractivity contribution is 9.10. The number of nitrogens with zero attached hydrogens (tertiary/aromatic N) is 1. The summed E-state index contributed by atoms with van der Waals surface area (Å²) in [4.78, 5) is 13.7. The standard InChI is InChI=1S/C13H12BrClF3NO/c14-10-7-8(1-2-11(10)15)12(20)19-5-3-9(4-6-19)13(16,17)18/h1-2,7,9H,3-6H2. The molecule has 0 spiro atoms. The van der Waals surface area contributed by atoms with Gasteiger partial charge in [-0.2, -0.15) is 13.2 Å². The summed E-state index contributed by atoms with van der Waals surface area (Å²) in [7, 11) is 0. The molecule has 0 aromatic heterocycles. The smallest absolute Gasteiger partial charge is 0.339 e. The van der Waals surface area contributed by atoms with Gasteiger partial charge in [-0.25, -0.2) is 0 Å². The Bertz CT molecular complexity index is 513. The Morgan fingerprint density at radius 2 is 1.90 bits per heavy atom. The highest BCUT2D eigenvalue weighted by Gasteiger charge is 2.41. The zero-order chi connectivity index (χ0) is 14.9. The molecule has 0 radical (unpaired) electrons. The number of rotatable bonds is 1. The molecule has 1 heterocycles. The van der Waals surface area contributed by atoms with Crippen LogP contribution in [0.1, 0.15) is 23.2 Å². The van der Waals surface area contributed by atoms with Crippen molar-refractivity contribution in [1.29, 1.82) is 0 Å². The van der Waals surface area contributed by atoms with Crippen LogP contribution >= 0.6 is 27.5 Å². The van der Waals surface area contributed by atoms with E-state index in [0.717, 1.165) is 0 Å². The van der Waals surface area contributed by atoms with Crippen molar-refractivity contribution in [3.63, 3.8) is 0 Å². The van der Waals surface area contributed by atoms with Crippen molar-refractivity contribution >= 4 is 33.4 Å².